The maximum atomic E-state index is 13.4. The fraction of sp³-hybridized carbons (Fsp3) is 0.391. The van der Waals surface area contributed by atoms with E-state index in [0.29, 0.717) is 41.7 Å². The van der Waals surface area contributed by atoms with E-state index in [1.165, 1.54) is 4.57 Å². The van der Waals surface area contributed by atoms with Gasteiger partial charge < -0.3 is 9.47 Å². The predicted molar refractivity (Wildman–Crippen MR) is 118 cm³/mol. The van der Waals surface area contributed by atoms with Gasteiger partial charge >= 0.3 is 5.69 Å². The van der Waals surface area contributed by atoms with Crippen LogP contribution in [-0.2, 0) is 29.5 Å². The zero-order valence-electron chi connectivity index (χ0n) is 18.3. The lowest BCUT2D eigenvalue weighted by Gasteiger charge is -2.18. The average molecular weight is 425 g/mol. The van der Waals surface area contributed by atoms with Gasteiger partial charge in [-0.1, -0.05) is 29.8 Å². The van der Waals surface area contributed by atoms with Crippen molar-refractivity contribution in [3.8, 4) is 5.75 Å². The summed E-state index contributed by atoms with van der Waals surface area (Å²) in [6.45, 7) is 6.44. The lowest BCUT2D eigenvalue weighted by atomic mass is 10.0. The van der Waals surface area contributed by atoms with E-state index in [0.717, 1.165) is 15.7 Å². The van der Waals surface area contributed by atoms with Crippen LogP contribution in [0, 0.1) is 6.92 Å². The van der Waals surface area contributed by atoms with Crippen LogP contribution in [0.15, 0.2) is 40.1 Å². The number of ether oxygens (including phenoxy) is 2. The largest absolute Gasteiger partial charge is 0.489 e. The number of hydrogen-bond donors (Lipinski definition) is 0. The van der Waals surface area contributed by atoms with Crippen molar-refractivity contribution in [3.05, 3.63) is 68.0 Å². The number of carbonyl (C=O) groups is 1. The van der Waals surface area contributed by atoms with E-state index in [4.69, 9.17) is 9.47 Å². The van der Waals surface area contributed by atoms with Crippen molar-refractivity contribution in [2.75, 3.05) is 6.61 Å². The smallest absolute Gasteiger partial charge is 0.332 e. The highest BCUT2D eigenvalue weighted by molar-refractivity contribution is 5.81. The summed E-state index contributed by atoms with van der Waals surface area (Å²) < 4.78 is 13.2. The molecular formula is C23H27N3O5. The SMILES string of the molecule is Cc1ccc(Cc2c(OC(C)C)cnc3c2c(=O)n(CCCOC=O)c(=O)n3C)cc1. The summed E-state index contributed by atoms with van der Waals surface area (Å²) in [4.78, 5) is 40.9. The Hall–Kier alpha value is -3.42. The second-order valence-electron chi connectivity index (χ2n) is 7.75. The third-order valence-electron chi connectivity index (χ3n) is 5.00. The third kappa shape index (κ3) is 4.84. The lowest BCUT2D eigenvalue weighted by molar-refractivity contribution is -0.128. The predicted octanol–water partition coefficient (Wildman–Crippen LogP) is 2.34. The van der Waals surface area contributed by atoms with Gasteiger partial charge in [0.25, 0.3) is 12.0 Å². The van der Waals surface area contributed by atoms with Crippen molar-refractivity contribution >= 4 is 17.5 Å². The summed E-state index contributed by atoms with van der Waals surface area (Å²) in [5.41, 5.74) is 2.28. The summed E-state index contributed by atoms with van der Waals surface area (Å²) in [5.74, 6) is 0.523. The molecule has 0 saturated carbocycles. The van der Waals surface area contributed by atoms with Gasteiger partial charge in [-0.05, 0) is 32.8 Å². The minimum absolute atomic E-state index is 0.105. The molecule has 0 atom stereocenters. The summed E-state index contributed by atoms with van der Waals surface area (Å²) >= 11 is 0. The topological polar surface area (TPSA) is 92.4 Å². The number of pyridine rings is 1. The molecule has 2 aromatic heterocycles. The fourth-order valence-electron chi connectivity index (χ4n) is 3.49. The first-order valence-electron chi connectivity index (χ1n) is 10.2. The van der Waals surface area contributed by atoms with E-state index in [-0.39, 0.29) is 19.3 Å². The van der Waals surface area contributed by atoms with Crippen molar-refractivity contribution < 1.29 is 14.3 Å². The van der Waals surface area contributed by atoms with Gasteiger partial charge in [0.05, 0.1) is 24.3 Å². The molecule has 8 heteroatoms. The molecule has 31 heavy (non-hydrogen) atoms. The molecule has 0 aliphatic heterocycles. The number of hydrogen-bond acceptors (Lipinski definition) is 6. The molecule has 0 aliphatic carbocycles. The number of nitrogens with zero attached hydrogens (tertiary/aromatic N) is 3. The second kappa shape index (κ2) is 9.59. The number of aromatic nitrogens is 3. The van der Waals surface area contributed by atoms with Crippen LogP contribution in [0.3, 0.4) is 0 Å². The van der Waals surface area contributed by atoms with Crippen LogP contribution >= 0.6 is 0 Å². The van der Waals surface area contributed by atoms with Gasteiger partial charge in [-0.25, -0.2) is 9.78 Å². The molecule has 0 fully saturated rings. The van der Waals surface area contributed by atoms with Gasteiger partial charge in [-0.2, -0.15) is 0 Å². The van der Waals surface area contributed by atoms with Crippen molar-refractivity contribution in [1.82, 2.24) is 14.1 Å². The summed E-state index contributed by atoms with van der Waals surface area (Å²) in [5, 5.41) is 0.358. The van der Waals surface area contributed by atoms with Gasteiger partial charge in [0, 0.05) is 25.6 Å². The standard InChI is InChI=1S/C23H27N3O5/c1-15(2)31-19-13-24-21-20(18(19)12-17-8-6-16(3)7-9-17)22(28)26(23(29)25(21)4)10-5-11-30-14-27/h6-9,13-15H,5,10-12H2,1-4H3. The number of aryl methyl sites for hydroxylation is 2. The summed E-state index contributed by atoms with van der Waals surface area (Å²) in [7, 11) is 1.59. The molecule has 0 N–H and O–H groups in total. The van der Waals surface area contributed by atoms with Crippen LogP contribution in [0.4, 0.5) is 0 Å². The minimum Gasteiger partial charge on any atom is -0.489 e. The van der Waals surface area contributed by atoms with E-state index in [1.807, 2.05) is 45.0 Å². The Bertz CT molecular complexity index is 1190. The molecule has 0 amide bonds. The lowest BCUT2D eigenvalue weighted by Crippen LogP contribution is -2.40. The van der Waals surface area contributed by atoms with Crippen LogP contribution < -0.4 is 16.0 Å². The van der Waals surface area contributed by atoms with E-state index >= 15 is 0 Å². The molecule has 0 bridgehead atoms. The van der Waals surface area contributed by atoms with Gasteiger partial charge in [-0.3, -0.25) is 18.7 Å². The Morgan fingerprint density at radius 3 is 2.52 bits per heavy atom. The Morgan fingerprint density at radius 1 is 1.16 bits per heavy atom. The average Bonchev–Trinajstić information content (AvgIpc) is 2.73. The second-order valence-corrected chi connectivity index (χ2v) is 7.75. The van der Waals surface area contributed by atoms with Gasteiger partial charge in [0.1, 0.15) is 11.4 Å². The van der Waals surface area contributed by atoms with Gasteiger partial charge in [0.15, 0.2) is 0 Å². The van der Waals surface area contributed by atoms with Gasteiger partial charge in [-0.15, -0.1) is 0 Å². The normalized spacial score (nSPS) is 11.1. The quantitative estimate of drug-likeness (QED) is 0.386. The zero-order valence-corrected chi connectivity index (χ0v) is 18.3. The molecule has 0 radical (unpaired) electrons. The van der Waals surface area contributed by atoms with Crippen LogP contribution in [0.25, 0.3) is 11.0 Å². The minimum atomic E-state index is -0.463. The monoisotopic (exact) mass is 425 g/mol. The van der Waals surface area contributed by atoms with E-state index < -0.39 is 11.2 Å². The molecule has 2 heterocycles. The van der Waals surface area contributed by atoms with E-state index in [2.05, 4.69) is 4.98 Å². The molecule has 0 unspecified atom stereocenters. The Kier molecular flexibility index (Phi) is 6.89. The first kappa shape index (κ1) is 22.3. The summed E-state index contributed by atoms with van der Waals surface area (Å²) in [6.07, 6.45) is 2.28. The Labute approximate surface area is 180 Å². The maximum absolute atomic E-state index is 13.4. The van der Waals surface area contributed by atoms with Crippen molar-refractivity contribution in [3.63, 3.8) is 0 Å². The first-order valence-corrected chi connectivity index (χ1v) is 10.2. The van der Waals surface area contributed by atoms with Crippen LogP contribution in [-0.4, -0.2) is 33.3 Å². The Morgan fingerprint density at radius 2 is 1.87 bits per heavy atom. The van der Waals surface area contributed by atoms with Gasteiger partial charge in [0.2, 0.25) is 0 Å². The molecule has 164 valence electrons. The first-order chi connectivity index (χ1) is 14.8. The molecule has 0 saturated heterocycles. The summed E-state index contributed by atoms with van der Waals surface area (Å²) in [6, 6.07) is 8.06. The zero-order chi connectivity index (χ0) is 22.5. The number of fused-ring (bicyclic) bond motifs is 1. The maximum Gasteiger partial charge on any atom is 0.332 e. The number of rotatable bonds is 9. The molecule has 0 aliphatic rings. The van der Waals surface area contributed by atoms with Crippen LogP contribution in [0.1, 0.15) is 37.0 Å². The van der Waals surface area contributed by atoms with E-state index in [9.17, 15) is 14.4 Å². The molecule has 8 nitrogen and oxygen atoms in total. The highest BCUT2D eigenvalue weighted by Gasteiger charge is 2.20. The molecular weight excluding hydrogens is 398 g/mol. The van der Waals surface area contributed by atoms with Crippen molar-refractivity contribution in [2.24, 2.45) is 7.05 Å². The molecule has 3 aromatic rings. The van der Waals surface area contributed by atoms with Crippen LogP contribution in [0.2, 0.25) is 0 Å². The Balaban J connectivity index is 2.21. The molecule has 1 aromatic carbocycles. The molecule has 3 rings (SSSR count). The molecule has 0 spiro atoms. The van der Waals surface area contributed by atoms with Crippen molar-refractivity contribution in [2.45, 2.75) is 46.3 Å². The number of carbonyl (C=O) groups excluding carboxylic acids is 1. The van der Waals surface area contributed by atoms with E-state index in [1.54, 1.807) is 13.2 Å². The number of benzene rings is 1. The third-order valence-corrected chi connectivity index (χ3v) is 5.00. The highest BCUT2D eigenvalue weighted by atomic mass is 16.5. The highest BCUT2D eigenvalue weighted by Crippen LogP contribution is 2.27. The fourth-order valence-corrected chi connectivity index (χ4v) is 3.49. The van der Waals surface area contributed by atoms with Crippen molar-refractivity contribution in [1.29, 1.82) is 0 Å². The van der Waals surface area contributed by atoms with Crippen LogP contribution in [0.5, 0.6) is 5.75 Å².